The summed E-state index contributed by atoms with van der Waals surface area (Å²) in [5, 5.41) is 13.2. The van der Waals surface area contributed by atoms with Gasteiger partial charge in [-0.25, -0.2) is 8.42 Å². The van der Waals surface area contributed by atoms with E-state index in [1.54, 1.807) is 12.1 Å². The zero-order valence-corrected chi connectivity index (χ0v) is 15.4. The molecule has 1 aliphatic heterocycles. The number of sulfonamides is 1. The Hall–Kier alpha value is -2.30. The van der Waals surface area contributed by atoms with Crippen molar-refractivity contribution < 1.29 is 18.1 Å². The van der Waals surface area contributed by atoms with E-state index in [9.17, 15) is 23.3 Å². The van der Waals surface area contributed by atoms with Crippen LogP contribution in [0.2, 0.25) is 0 Å². The Morgan fingerprint density at radius 3 is 2.54 bits per heavy atom. The summed E-state index contributed by atoms with van der Waals surface area (Å²) in [6.07, 6.45) is 2.70. The highest BCUT2D eigenvalue weighted by Crippen LogP contribution is 2.26. The van der Waals surface area contributed by atoms with Crippen molar-refractivity contribution in [2.45, 2.75) is 24.2 Å². The van der Waals surface area contributed by atoms with Crippen LogP contribution in [0.4, 0.5) is 10.7 Å². The largest absolute Gasteiger partial charge is 0.324 e. The zero-order chi connectivity index (χ0) is 18.7. The van der Waals surface area contributed by atoms with E-state index >= 15 is 0 Å². The van der Waals surface area contributed by atoms with E-state index in [1.807, 2.05) is 0 Å². The summed E-state index contributed by atoms with van der Waals surface area (Å²) < 4.78 is 26.9. The third-order valence-corrected chi connectivity index (χ3v) is 6.97. The highest BCUT2D eigenvalue weighted by Gasteiger charge is 2.26. The van der Waals surface area contributed by atoms with Gasteiger partial charge >= 0.3 is 5.00 Å². The molecule has 0 saturated carbocycles. The number of anilines is 1. The Labute approximate surface area is 154 Å². The zero-order valence-electron chi connectivity index (χ0n) is 13.8. The fourth-order valence-corrected chi connectivity index (χ4v) is 5.01. The molecule has 0 unspecified atom stereocenters. The second-order valence-electron chi connectivity index (χ2n) is 5.84. The minimum absolute atomic E-state index is 0.120. The lowest BCUT2D eigenvalue weighted by molar-refractivity contribution is -0.380. The van der Waals surface area contributed by atoms with Gasteiger partial charge in [0.05, 0.1) is 14.7 Å². The molecule has 2 aromatic rings. The summed E-state index contributed by atoms with van der Waals surface area (Å²) in [7, 11) is -3.60. The van der Waals surface area contributed by atoms with Gasteiger partial charge in [-0.2, -0.15) is 4.31 Å². The van der Waals surface area contributed by atoms with Crippen LogP contribution in [0.25, 0.3) is 0 Å². The standard InChI is InChI=1S/C16H17N3O5S2/c20-16(14-7-8-15(25-14)19(21)22)17-12-5-4-6-13(11-12)26(23,24)18-9-2-1-3-10-18/h4-8,11H,1-3,9-10H2,(H,17,20). The van der Waals surface area contributed by atoms with Crippen molar-refractivity contribution in [3.8, 4) is 0 Å². The van der Waals surface area contributed by atoms with Gasteiger partial charge in [0.15, 0.2) is 0 Å². The Morgan fingerprint density at radius 2 is 1.88 bits per heavy atom. The molecule has 1 aromatic heterocycles. The van der Waals surface area contributed by atoms with Crippen molar-refractivity contribution in [1.82, 2.24) is 4.31 Å². The van der Waals surface area contributed by atoms with Gasteiger partial charge in [-0.15, -0.1) is 0 Å². The Morgan fingerprint density at radius 1 is 1.15 bits per heavy atom. The molecule has 0 aliphatic carbocycles. The van der Waals surface area contributed by atoms with Crippen LogP contribution in [0.3, 0.4) is 0 Å². The normalized spacial score (nSPS) is 15.5. The Bertz CT molecular complexity index is 933. The number of thiophene rings is 1. The number of carbonyl (C=O) groups excluding carboxylic acids is 1. The van der Waals surface area contributed by atoms with E-state index in [4.69, 9.17) is 0 Å². The molecule has 1 aromatic carbocycles. The third kappa shape index (κ3) is 3.92. The number of nitrogens with zero attached hydrogens (tertiary/aromatic N) is 2. The quantitative estimate of drug-likeness (QED) is 0.618. The number of hydrogen-bond acceptors (Lipinski definition) is 6. The number of nitro groups is 1. The monoisotopic (exact) mass is 395 g/mol. The summed E-state index contributed by atoms with van der Waals surface area (Å²) in [4.78, 5) is 22.7. The summed E-state index contributed by atoms with van der Waals surface area (Å²) >= 11 is 0.763. The first-order valence-electron chi connectivity index (χ1n) is 8.04. The van der Waals surface area contributed by atoms with Gasteiger partial charge in [0.25, 0.3) is 5.91 Å². The minimum atomic E-state index is -3.60. The van der Waals surface area contributed by atoms with Crippen molar-refractivity contribution in [3.63, 3.8) is 0 Å². The molecule has 1 amide bonds. The topological polar surface area (TPSA) is 110 Å². The fourth-order valence-electron chi connectivity index (χ4n) is 2.73. The summed E-state index contributed by atoms with van der Waals surface area (Å²) in [6, 6.07) is 8.67. The first-order valence-corrected chi connectivity index (χ1v) is 10.3. The second kappa shape index (κ2) is 7.52. The van der Waals surface area contributed by atoms with E-state index < -0.39 is 20.9 Å². The molecule has 1 fully saturated rings. The lowest BCUT2D eigenvalue weighted by Crippen LogP contribution is -2.35. The lowest BCUT2D eigenvalue weighted by Gasteiger charge is -2.26. The number of hydrogen-bond donors (Lipinski definition) is 1. The predicted octanol–water partition coefficient (Wildman–Crippen LogP) is 3.08. The van der Waals surface area contributed by atoms with Crippen LogP contribution in [-0.2, 0) is 10.0 Å². The fraction of sp³-hybridized carbons (Fsp3) is 0.312. The molecule has 10 heteroatoms. The van der Waals surface area contributed by atoms with Gasteiger partial charge in [0.1, 0.15) is 0 Å². The molecule has 8 nitrogen and oxygen atoms in total. The molecule has 1 aliphatic rings. The average molecular weight is 395 g/mol. The molecule has 26 heavy (non-hydrogen) atoms. The van der Waals surface area contributed by atoms with Gasteiger partial charge < -0.3 is 5.32 Å². The molecule has 3 rings (SSSR count). The number of piperidine rings is 1. The minimum Gasteiger partial charge on any atom is -0.321 e. The van der Waals surface area contributed by atoms with Gasteiger partial charge in [-0.3, -0.25) is 14.9 Å². The molecular weight excluding hydrogens is 378 g/mol. The molecule has 2 heterocycles. The molecule has 0 radical (unpaired) electrons. The Kier molecular flexibility index (Phi) is 5.35. The third-order valence-electron chi connectivity index (χ3n) is 4.04. The van der Waals surface area contributed by atoms with Crippen molar-refractivity contribution in [2.24, 2.45) is 0 Å². The van der Waals surface area contributed by atoms with E-state index in [-0.39, 0.29) is 14.8 Å². The second-order valence-corrected chi connectivity index (χ2v) is 8.84. The van der Waals surface area contributed by atoms with Crippen molar-refractivity contribution >= 4 is 38.0 Å². The first kappa shape index (κ1) is 18.5. The maximum absolute atomic E-state index is 12.7. The van der Waals surface area contributed by atoms with Crippen LogP contribution < -0.4 is 5.32 Å². The van der Waals surface area contributed by atoms with Gasteiger partial charge in [0, 0.05) is 24.8 Å². The smallest absolute Gasteiger partial charge is 0.321 e. The van der Waals surface area contributed by atoms with Crippen LogP contribution in [0.5, 0.6) is 0 Å². The highest BCUT2D eigenvalue weighted by molar-refractivity contribution is 7.89. The number of benzene rings is 1. The molecule has 138 valence electrons. The molecule has 0 atom stereocenters. The molecule has 1 saturated heterocycles. The molecule has 0 bridgehead atoms. The summed E-state index contributed by atoms with van der Waals surface area (Å²) in [6.45, 7) is 0.996. The van der Waals surface area contributed by atoms with Crippen LogP contribution in [0.15, 0.2) is 41.3 Å². The van der Waals surface area contributed by atoms with Crippen LogP contribution in [-0.4, -0.2) is 36.6 Å². The molecule has 1 N–H and O–H groups in total. The van der Waals surface area contributed by atoms with Gasteiger partial charge in [-0.05, 0) is 37.1 Å². The SMILES string of the molecule is O=C(Nc1cccc(S(=O)(=O)N2CCCCC2)c1)c1ccc([N+](=O)[O-])s1. The van der Waals surface area contributed by atoms with Crippen LogP contribution in [0.1, 0.15) is 28.9 Å². The van der Waals surface area contributed by atoms with Crippen LogP contribution in [0, 0.1) is 10.1 Å². The summed E-state index contributed by atoms with van der Waals surface area (Å²) in [5.41, 5.74) is 0.323. The molecular formula is C16H17N3O5S2. The average Bonchev–Trinajstić information content (AvgIpc) is 3.13. The van der Waals surface area contributed by atoms with Crippen molar-refractivity contribution in [2.75, 3.05) is 18.4 Å². The number of nitrogens with one attached hydrogen (secondary N) is 1. The van der Waals surface area contributed by atoms with Gasteiger partial charge in [0.2, 0.25) is 10.0 Å². The van der Waals surface area contributed by atoms with E-state index in [1.165, 1.54) is 28.6 Å². The van der Waals surface area contributed by atoms with E-state index in [0.717, 1.165) is 30.6 Å². The highest BCUT2D eigenvalue weighted by atomic mass is 32.2. The van der Waals surface area contributed by atoms with E-state index in [2.05, 4.69) is 5.32 Å². The maximum atomic E-state index is 12.7. The summed E-state index contributed by atoms with van der Waals surface area (Å²) in [5.74, 6) is -0.518. The van der Waals surface area contributed by atoms with Crippen molar-refractivity contribution in [1.29, 1.82) is 0 Å². The number of rotatable bonds is 5. The van der Waals surface area contributed by atoms with Crippen LogP contribution >= 0.6 is 11.3 Å². The Balaban J connectivity index is 1.78. The lowest BCUT2D eigenvalue weighted by atomic mass is 10.2. The first-order chi connectivity index (χ1) is 12.4. The predicted molar refractivity (Wildman–Crippen MR) is 98.0 cm³/mol. The van der Waals surface area contributed by atoms with E-state index in [0.29, 0.717) is 18.8 Å². The van der Waals surface area contributed by atoms with Crippen molar-refractivity contribution in [3.05, 3.63) is 51.4 Å². The maximum Gasteiger partial charge on any atom is 0.324 e. The number of amides is 1. The molecule has 0 spiro atoms. The van der Waals surface area contributed by atoms with Gasteiger partial charge in [-0.1, -0.05) is 23.8 Å². The number of carbonyl (C=O) groups is 1.